The lowest BCUT2D eigenvalue weighted by Gasteiger charge is -2.60. The minimum Gasteiger partial charge on any atom is -0.392 e. The molecule has 0 spiro atoms. The quantitative estimate of drug-likeness (QED) is 0.373. The lowest BCUT2D eigenvalue weighted by Crippen LogP contribution is -2.61. The maximum absolute atomic E-state index is 12.3. The predicted octanol–water partition coefficient (Wildman–Crippen LogP) is 2.25. The minimum atomic E-state index is -1.50. The van der Waals surface area contributed by atoms with E-state index >= 15 is 0 Å². The number of aliphatic hydroxyl groups is 2. The molecule has 5 aliphatic carbocycles. The van der Waals surface area contributed by atoms with Gasteiger partial charge in [-0.1, -0.05) is 19.4 Å². The molecule has 152 valence electrons. The zero-order chi connectivity index (χ0) is 20.3. The van der Waals surface area contributed by atoms with E-state index in [2.05, 4.69) is 19.6 Å². The van der Waals surface area contributed by atoms with Crippen molar-refractivity contribution in [2.45, 2.75) is 70.5 Å². The van der Waals surface area contributed by atoms with Crippen molar-refractivity contribution in [1.29, 1.82) is 0 Å². The number of hydrogen-bond donors (Lipinski definition) is 3. The van der Waals surface area contributed by atoms with Crippen LogP contribution in [0.3, 0.4) is 0 Å². The van der Waals surface area contributed by atoms with Crippen molar-refractivity contribution >= 4 is 29.8 Å². The molecular weight excluding hydrogens is 376 g/mol. The lowest BCUT2D eigenvalue weighted by atomic mass is 9.45. The van der Waals surface area contributed by atoms with Crippen LogP contribution in [0, 0.1) is 33.5 Å². The summed E-state index contributed by atoms with van der Waals surface area (Å²) < 4.78 is 0. The van der Waals surface area contributed by atoms with Gasteiger partial charge < -0.3 is 15.0 Å². The first-order valence-corrected chi connectivity index (χ1v) is 10.8. The maximum atomic E-state index is 12.3. The average molecular weight is 405 g/mol. The van der Waals surface area contributed by atoms with Gasteiger partial charge >= 0.3 is 0 Å². The number of ketones is 1. The number of allylic oxidation sites excluding steroid dienone is 1. The second-order valence-electron chi connectivity index (χ2n) is 10.5. The molecule has 0 aliphatic heterocycles. The largest absolute Gasteiger partial charge is 0.392 e. The fourth-order valence-electron chi connectivity index (χ4n) is 8.70. The van der Waals surface area contributed by atoms with Gasteiger partial charge in [0, 0.05) is 10.8 Å². The standard InChI is InChI=1S/C22H28O5S/c1-18-8-12(10-23)14(24)7-13(18)3-5-20-11-21(18,20)16(25)9-19(2)15(20)4-6-22(19,27)17(26)28/h7,10,12,15-16,25,27H,3-6,8-9,11H2,1-2H3,(H,26,28). The van der Waals surface area contributed by atoms with Crippen LogP contribution < -0.4 is 0 Å². The molecule has 8 atom stereocenters. The molecule has 0 bridgehead atoms. The molecule has 0 aromatic rings. The SMILES string of the molecule is CC12CC(C=O)C(=O)C=C1CCC13CC21C(O)CC1(C)C3CCC1(O)C(=O)S. The smallest absolute Gasteiger partial charge is 0.218 e. The Kier molecular flexibility index (Phi) is 3.52. The summed E-state index contributed by atoms with van der Waals surface area (Å²) in [6, 6.07) is 0. The van der Waals surface area contributed by atoms with Gasteiger partial charge in [-0.15, -0.1) is 12.6 Å². The van der Waals surface area contributed by atoms with Gasteiger partial charge in [-0.2, -0.15) is 0 Å². The van der Waals surface area contributed by atoms with E-state index in [0.29, 0.717) is 19.3 Å². The third kappa shape index (κ3) is 1.70. The molecule has 8 unspecified atom stereocenters. The number of aldehydes is 1. The van der Waals surface area contributed by atoms with E-state index in [1.54, 1.807) is 6.08 Å². The molecule has 2 N–H and O–H groups in total. The summed E-state index contributed by atoms with van der Waals surface area (Å²) in [6.07, 6.45) is 6.17. The number of hydrogen-bond acceptors (Lipinski definition) is 5. The Bertz CT molecular complexity index is 852. The fourth-order valence-corrected chi connectivity index (χ4v) is 9.07. The highest BCUT2D eigenvalue weighted by Crippen LogP contribution is 2.90. The van der Waals surface area contributed by atoms with E-state index in [-0.39, 0.29) is 22.5 Å². The summed E-state index contributed by atoms with van der Waals surface area (Å²) >= 11 is 4.01. The molecule has 0 aromatic carbocycles. The number of carbonyl (C=O) groups excluding carboxylic acids is 3. The molecule has 0 aromatic heterocycles. The first-order chi connectivity index (χ1) is 13.0. The summed E-state index contributed by atoms with van der Waals surface area (Å²) in [4.78, 5) is 36.1. The molecule has 5 aliphatic rings. The Labute approximate surface area is 170 Å². The van der Waals surface area contributed by atoms with Crippen molar-refractivity contribution in [3.8, 4) is 0 Å². The van der Waals surface area contributed by atoms with Gasteiger partial charge in [-0.25, -0.2) is 0 Å². The van der Waals surface area contributed by atoms with Gasteiger partial charge in [0.05, 0.1) is 12.0 Å². The van der Waals surface area contributed by atoms with Gasteiger partial charge in [-0.05, 0) is 67.8 Å². The number of carbonyl (C=O) groups is 3. The third-order valence-electron chi connectivity index (χ3n) is 10.1. The fraction of sp³-hybridized carbons (Fsp3) is 0.773. The highest BCUT2D eigenvalue weighted by Gasteiger charge is 2.87. The summed E-state index contributed by atoms with van der Waals surface area (Å²) in [7, 11) is 0. The van der Waals surface area contributed by atoms with E-state index in [9.17, 15) is 24.6 Å². The molecule has 0 saturated heterocycles. The van der Waals surface area contributed by atoms with Crippen LogP contribution in [-0.2, 0) is 14.4 Å². The van der Waals surface area contributed by atoms with Gasteiger partial charge in [0.15, 0.2) is 5.78 Å². The third-order valence-corrected chi connectivity index (χ3v) is 10.5. The van der Waals surface area contributed by atoms with E-state index in [1.165, 1.54) is 0 Å². The van der Waals surface area contributed by atoms with Crippen molar-refractivity contribution in [2.24, 2.45) is 33.5 Å². The van der Waals surface area contributed by atoms with Crippen LogP contribution in [-0.4, -0.2) is 39.1 Å². The van der Waals surface area contributed by atoms with Crippen LogP contribution >= 0.6 is 12.6 Å². The second-order valence-corrected chi connectivity index (χ2v) is 11.0. The second kappa shape index (κ2) is 5.19. The molecule has 4 saturated carbocycles. The molecule has 6 heteroatoms. The summed E-state index contributed by atoms with van der Waals surface area (Å²) in [5, 5.41) is 22.2. The van der Waals surface area contributed by atoms with Crippen molar-refractivity contribution in [3.63, 3.8) is 0 Å². The predicted molar refractivity (Wildman–Crippen MR) is 104 cm³/mol. The van der Waals surface area contributed by atoms with Crippen molar-refractivity contribution in [3.05, 3.63) is 11.6 Å². The van der Waals surface area contributed by atoms with Gasteiger partial charge in [-0.3, -0.25) is 9.59 Å². The molecule has 5 nitrogen and oxygen atoms in total. The number of thiol groups is 1. The van der Waals surface area contributed by atoms with E-state index in [4.69, 9.17) is 0 Å². The number of fused-ring (bicyclic) bond motifs is 2. The molecular formula is C22H28O5S. The summed E-state index contributed by atoms with van der Waals surface area (Å²) in [6.45, 7) is 4.07. The number of rotatable bonds is 2. The maximum Gasteiger partial charge on any atom is 0.218 e. The van der Waals surface area contributed by atoms with Crippen LogP contribution in [0.5, 0.6) is 0 Å². The van der Waals surface area contributed by atoms with Gasteiger partial charge in [0.25, 0.3) is 0 Å². The molecule has 4 fully saturated rings. The summed E-state index contributed by atoms with van der Waals surface area (Å²) in [5.74, 6) is -0.618. The first kappa shape index (κ1) is 19.0. The normalized spacial score (nSPS) is 56.7. The Balaban J connectivity index is 1.64. The van der Waals surface area contributed by atoms with E-state index in [0.717, 1.165) is 37.5 Å². The van der Waals surface area contributed by atoms with Crippen LogP contribution in [0.25, 0.3) is 0 Å². The molecule has 0 radical (unpaired) electrons. The Hall–Kier alpha value is -0.980. The zero-order valence-corrected chi connectivity index (χ0v) is 17.3. The van der Waals surface area contributed by atoms with Crippen LogP contribution in [0.4, 0.5) is 0 Å². The van der Waals surface area contributed by atoms with Gasteiger partial charge in [0.2, 0.25) is 5.12 Å². The van der Waals surface area contributed by atoms with Crippen molar-refractivity contribution in [1.82, 2.24) is 0 Å². The van der Waals surface area contributed by atoms with Crippen molar-refractivity contribution in [2.75, 3.05) is 0 Å². The highest BCUT2D eigenvalue weighted by molar-refractivity contribution is 7.96. The minimum absolute atomic E-state index is 0.113. The Morgan fingerprint density at radius 2 is 2.00 bits per heavy atom. The first-order valence-electron chi connectivity index (χ1n) is 10.4. The van der Waals surface area contributed by atoms with Crippen LogP contribution in [0.1, 0.15) is 58.8 Å². The average Bonchev–Trinajstić information content (AvgIpc) is 3.27. The molecule has 0 heterocycles. The Morgan fingerprint density at radius 3 is 2.64 bits per heavy atom. The molecule has 0 amide bonds. The van der Waals surface area contributed by atoms with Gasteiger partial charge in [0.1, 0.15) is 11.9 Å². The highest BCUT2D eigenvalue weighted by atomic mass is 32.1. The van der Waals surface area contributed by atoms with E-state index < -0.39 is 33.6 Å². The Morgan fingerprint density at radius 1 is 1.29 bits per heavy atom. The van der Waals surface area contributed by atoms with Crippen LogP contribution in [0.2, 0.25) is 0 Å². The lowest BCUT2D eigenvalue weighted by molar-refractivity contribution is -0.176. The summed E-state index contributed by atoms with van der Waals surface area (Å²) in [5.41, 5.74) is -2.04. The topological polar surface area (TPSA) is 91.7 Å². The van der Waals surface area contributed by atoms with Crippen molar-refractivity contribution < 1.29 is 24.6 Å². The number of aliphatic hydroxyl groups excluding tert-OH is 1. The monoisotopic (exact) mass is 404 g/mol. The van der Waals surface area contributed by atoms with Crippen LogP contribution in [0.15, 0.2) is 11.6 Å². The molecule has 28 heavy (non-hydrogen) atoms. The zero-order valence-electron chi connectivity index (χ0n) is 16.4. The van der Waals surface area contributed by atoms with E-state index in [1.807, 2.05) is 6.92 Å². The molecule has 5 rings (SSSR count).